The molecule has 0 radical (unpaired) electrons. The second-order valence-corrected chi connectivity index (χ2v) is 7.36. The molecule has 9 heteroatoms. The number of aromatic nitrogens is 3. The Balaban J connectivity index is 2.14. The van der Waals surface area contributed by atoms with Gasteiger partial charge in [-0.25, -0.2) is 18.1 Å². The molecule has 0 spiro atoms. The number of hydrogen-bond donors (Lipinski definition) is 1. The molecule has 0 bridgehead atoms. The number of nitrogens with zero attached hydrogens (tertiary/aromatic N) is 3. The molecule has 0 fully saturated rings. The lowest BCUT2D eigenvalue weighted by Crippen LogP contribution is -2.23. The predicted octanol–water partition coefficient (Wildman–Crippen LogP) is 1.68. The fraction of sp³-hybridized carbons (Fsp3) is 0.300. The van der Waals surface area contributed by atoms with Crippen LogP contribution in [0.1, 0.15) is 17.1 Å². The topological polar surface area (TPSA) is 84.8 Å². The van der Waals surface area contributed by atoms with Gasteiger partial charge in [-0.05, 0) is 13.8 Å². The van der Waals surface area contributed by atoms with Gasteiger partial charge in [0.1, 0.15) is 0 Å². The summed E-state index contributed by atoms with van der Waals surface area (Å²) in [6.07, 6.45) is 3.11. The van der Waals surface area contributed by atoms with Crippen molar-refractivity contribution in [3.63, 3.8) is 0 Å². The Morgan fingerprint density at radius 3 is 2.58 bits per heavy atom. The molecule has 2 aromatic rings. The first-order valence-electron chi connectivity index (χ1n) is 5.28. The van der Waals surface area contributed by atoms with Crippen LogP contribution < -0.4 is 4.72 Å². The van der Waals surface area contributed by atoms with E-state index in [1.54, 1.807) is 13.1 Å². The molecule has 0 amide bonds. The number of aryl methyl sites for hydroxylation is 2. The van der Waals surface area contributed by atoms with Crippen LogP contribution in [0.2, 0.25) is 4.47 Å². The van der Waals surface area contributed by atoms with Crippen molar-refractivity contribution in [2.24, 2.45) is 0 Å². The second kappa shape index (κ2) is 5.49. The number of halogens is 1. The molecule has 6 nitrogen and oxygen atoms in total. The Hall–Kier alpha value is -1.09. The van der Waals surface area contributed by atoms with E-state index in [4.69, 9.17) is 11.6 Å². The van der Waals surface area contributed by atoms with Crippen LogP contribution in [0.25, 0.3) is 0 Å². The van der Waals surface area contributed by atoms with Crippen molar-refractivity contribution >= 4 is 33.0 Å². The SMILES string of the molecule is Cc1cnc(CNS(=O)(=O)c2sc(Cl)nc2C)cn1. The molecule has 0 aliphatic rings. The summed E-state index contributed by atoms with van der Waals surface area (Å²) in [7, 11) is -3.62. The lowest BCUT2D eigenvalue weighted by molar-refractivity contribution is 0.581. The minimum absolute atomic E-state index is 0.0740. The minimum Gasteiger partial charge on any atom is -0.258 e. The van der Waals surface area contributed by atoms with Gasteiger partial charge in [0.25, 0.3) is 10.0 Å². The molecule has 0 aliphatic heterocycles. The van der Waals surface area contributed by atoms with Crippen LogP contribution in [-0.4, -0.2) is 23.4 Å². The van der Waals surface area contributed by atoms with Gasteiger partial charge in [-0.3, -0.25) is 9.97 Å². The number of thiazole rings is 1. The summed E-state index contributed by atoms with van der Waals surface area (Å²) in [4.78, 5) is 12.0. The lowest BCUT2D eigenvalue weighted by Gasteiger charge is -2.04. The third-order valence-electron chi connectivity index (χ3n) is 2.25. The highest BCUT2D eigenvalue weighted by Crippen LogP contribution is 2.26. The Morgan fingerprint density at radius 1 is 1.32 bits per heavy atom. The number of rotatable bonds is 4. The molecule has 2 aromatic heterocycles. The van der Waals surface area contributed by atoms with E-state index in [0.29, 0.717) is 11.4 Å². The molecule has 2 rings (SSSR count). The molecule has 0 unspecified atom stereocenters. The van der Waals surface area contributed by atoms with E-state index in [2.05, 4.69) is 19.7 Å². The fourth-order valence-corrected chi connectivity index (χ4v) is 4.13. The maximum atomic E-state index is 12.1. The summed E-state index contributed by atoms with van der Waals surface area (Å²) in [5.74, 6) is 0. The number of sulfonamides is 1. The van der Waals surface area contributed by atoms with Crippen molar-refractivity contribution in [1.82, 2.24) is 19.7 Å². The van der Waals surface area contributed by atoms with E-state index in [-0.39, 0.29) is 15.2 Å². The fourth-order valence-electron chi connectivity index (χ4n) is 1.35. The highest BCUT2D eigenvalue weighted by Gasteiger charge is 2.21. The van der Waals surface area contributed by atoms with Crippen LogP contribution >= 0.6 is 22.9 Å². The number of hydrogen-bond acceptors (Lipinski definition) is 6. The molecule has 0 aromatic carbocycles. The second-order valence-electron chi connectivity index (χ2n) is 3.81. The molecular weight excluding hydrogens is 308 g/mol. The van der Waals surface area contributed by atoms with E-state index in [0.717, 1.165) is 17.0 Å². The maximum Gasteiger partial charge on any atom is 0.252 e. The summed E-state index contributed by atoms with van der Waals surface area (Å²) in [5.41, 5.74) is 1.71. The summed E-state index contributed by atoms with van der Waals surface area (Å²) in [5, 5.41) is 0. The Kier molecular flexibility index (Phi) is 4.14. The van der Waals surface area contributed by atoms with Crippen molar-refractivity contribution in [2.75, 3.05) is 0 Å². The first-order valence-corrected chi connectivity index (χ1v) is 7.96. The zero-order valence-electron chi connectivity index (χ0n) is 10.2. The predicted molar refractivity (Wildman–Crippen MR) is 72.7 cm³/mol. The molecule has 0 saturated heterocycles. The van der Waals surface area contributed by atoms with Crippen LogP contribution in [-0.2, 0) is 16.6 Å². The van der Waals surface area contributed by atoms with Gasteiger partial charge in [0.2, 0.25) is 0 Å². The number of nitrogens with one attached hydrogen (secondary N) is 1. The highest BCUT2D eigenvalue weighted by atomic mass is 35.5. The smallest absolute Gasteiger partial charge is 0.252 e. The molecule has 102 valence electrons. The Bertz CT molecular complexity index is 682. The van der Waals surface area contributed by atoms with Gasteiger partial charge in [-0.1, -0.05) is 22.9 Å². The molecule has 0 saturated carbocycles. The maximum absolute atomic E-state index is 12.1. The normalized spacial score (nSPS) is 11.7. The molecule has 2 heterocycles. The monoisotopic (exact) mass is 318 g/mol. The minimum atomic E-state index is -3.62. The summed E-state index contributed by atoms with van der Waals surface area (Å²) < 4.78 is 26.9. The van der Waals surface area contributed by atoms with Gasteiger partial charge in [-0.15, -0.1) is 0 Å². The lowest BCUT2D eigenvalue weighted by atomic mass is 10.4. The first kappa shape index (κ1) is 14.3. The zero-order chi connectivity index (χ0) is 14.0. The highest BCUT2D eigenvalue weighted by molar-refractivity contribution is 7.91. The van der Waals surface area contributed by atoms with Crippen LogP contribution in [0.15, 0.2) is 16.6 Å². The van der Waals surface area contributed by atoms with Crippen molar-refractivity contribution in [3.05, 3.63) is 33.9 Å². The van der Waals surface area contributed by atoms with Crippen LogP contribution in [0.4, 0.5) is 0 Å². The van der Waals surface area contributed by atoms with Crippen molar-refractivity contribution < 1.29 is 8.42 Å². The van der Waals surface area contributed by atoms with Crippen LogP contribution in [0.5, 0.6) is 0 Å². The first-order chi connectivity index (χ1) is 8.88. The Labute approximate surface area is 119 Å². The van der Waals surface area contributed by atoms with Gasteiger partial charge in [0, 0.05) is 6.20 Å². The largest absolute Gasteiger partial charge is 0.258 e. The van der Waals surface area contributed by atoms with Gasteiger partial charge in [-0.2, -0.15) is 0 Å². The van der Waals surface area contributed by atoms with E-state index < -0.39 is 10.0 Å². The van der Waals surface area contributed by atoms with E-state index in [1.807, 2.05) is 6.92 Å². The molecule has 0 aliphatic carbocycles. The molecule has 0 atom stereocenters. The molecular formula is C10H11ClN4O2S2. The van der Waals surface area contributed by atoms with E-state index >= 15 is 0 Å². The molecule has 1 N–H and O–H groups in total. The van der Waals surface area contributed by atoms with Crippen LogP contribution in [0, 0.1) is 13.8 Å². The zero-order valence-corrected chi connectivity index (χ0v) is 12.6. The summed E-state index contributed by atoms with van der Waals surface area (Å²) in [6, 6.07) is 0. The van der Waals surface area contributed by atoms with E-state index in [1.165, 1.54) is 6.20 Å². The standard InChI is InChI=1S/C10H11ClN4O2S2/c1-6-3-13-8(4-12-6)5-14-19(16,17)9-7(2)15-10(11)18-9/h3-4,14H,5H2,1-2H3. The average Bonchev–Trinajstić information content (AvgIpc) is 2.69. The molecule has 19 heavy (non-hydrogen) atoms. The van der Waals surface area contributed by atoms with Gasteiger partial charge in [0.15, 0.2) is 8.68 Å². The quantitative estimate of drug-likeness (QED) is 0.927. The third kappa shape index (κ3) is 3.47. The van der Waals surface area contributed by atoms with Gasteiger partial charge < -0.3 is 0 Å². The summed E-state index contributed by atoms with van der Waals surface area (Å²) >= 11 is 6.63. The van der Waals surface area contributed by atoms with Crippen LogP contribution in [0.3, 0.4) is 0 Å². The summed E-state index contributed by atoms with van der Waals surface area (Å²) in [6.45, 7) is 3.48. The van der Waals surface area contributed by atoms with Crippen molar-refractivity contribution in [1.29, 1.82) is 0 Å². The Morgan fingerprint density at radius 2 is 2.05 bits per heavy atom. The van der Waals surface area contributed by atoms with Crippen molar-refractivity contribution in [3.8, 4) is 0 Å². The van der Waals surface area contributed by atoms with Crippen molar-refractivity contribution in [2.45, 2.75) is 24.6 Å². The van der Waals surface area contributed by atoms with Gasteiger partial charge >= 0.3 is 0 Å². The average molecular weight is 319 g/mol. The van der Waals surface area contributed by atoms with Gasteiger partial charge in [0.05, 0.1) is 29.8 Å². The third-order valence-corrected chi connectivity index (χ3v) is 5.52. The van der Waals surface area contributed by atoms with E-state index in [9.17, 15) is 8.42 Å².